The van der Waals surface area contributed by atoms with Crippen molar-refractivity contribution in [1.29, 1.82) is 0 Å². The third-order valence-electron chi connectivity index (χ3n) is 15.0. The van der Waals surface area contributed by atoms with Crippen LogP contribution in [-0.4, -0.2) is 8.07 Å². The van der Waals surface area contributed by atoms with Gasteiger partial charge in [0.05, 0.1) is 0 Å². The maximum Gasteiger partial charge on any atom is 0.163 e. The molecule has 1 aliphatic carbocycles. The molecule has 0 heterocycles. The molecule has 1 atom stereocenters. The maximum atomic E-state index is 2.69. The SMILES string of the molecule is CC1=CC(C)([Si](c2cc(-c3ccccc3)c(C)cc2-c2ccccc2)(c2cc(-c3ccccc3)c(C)cc2-c2ccccc2)c2cc(-c3ccccc3)c(C)cc2-c2ccccc2)C(C)=C1C. The van der Waals surface area contributed by atoms with Gasteiger partial charge in [-0.05, 0) is 146 Å². The molecule has 0 N–H and O–H groups in total. The van der Waals surface area contributed by atoms with Crippen LogP contribution in [0, 0.1) is 20.8 Å². The number of hydrogen-bond acceptors (Lipinski definition) is 0. The van der Waals surface area contributed by atoms with Gasteiger partial charge in [0.1, 0.15) is 0 Å². The number of allylic oxidation sites excluding steroid dienone is 4. The van der Waals surface area contributed by atoms with Crippen molar-refractivity contribution in [3.05, 3.63) is 258 Å². The first-order chi connectivity index (χ1) is 32.6. The second-order valence-corrected chi connectivity index (χ2v) is 23.0. The van der Waals surface area contributed by atoms with Crippen LogP contribution >= 0.6 is 0 Å². The van der Waals surface area contributed by atoms with Gasteiger partial charge in [-0.1, -0.05) is 243 Å². The minimum atomic E-state index is -3.64. The molecule has 0 saturated heterocycles. The fraction of sp³-hybridized carbons (Fsp3) is 0.121. The Morgan fingerprint density at radius 2 is 0.537 bits per heavy atom. The van der Waals surface area contributed by atoms with Gasteiger partial charge in [0, 0.05) is 5.04 Å². The van der Waals surface area contributed by atoms with E-state index in [9.17, 15) is 0 Å². The van der Waals surface area contributed by atoms with E-state index in [0.717, 1.165) is 0 Å². The summed E-state index contributed by atoms with van der Waals surface area (Å²) in [5.74, 6) is 0. The van der Waals surface area contributed by atoms with E-state index in [1.165, 1.54) is 116 Å². The topological polar surface area (TPSA) is 0 Å². The molecule has 67 heavy (non-hydrogen) atoms. The molecular formula is C66H58Si. The van der Waals surface area contributed by atoms with Crippen molar-refractivity contribution in [2.24, 2.45) is 0 Å². The largest absolute Gasteiger partial charge is 0.163 e. The van der Waals surface area contributed by atoms with E-state index < -0.39 is 13.1 Å². The predicted molar refractivity (Wildman–Crippen MR) is 291 cm³/mol. The quantitative estimate of drug-likeness (QED) is 0.0948. The summed E-state index contributed by atoms with van der Waals surface area (Å²) in [7, 11) is -3.64. The highest BCUT2D eigenvalue weighted by molar-refractivity contribution is 7.16. The Hall–Kier alpha value is -7.32. The van der Waals surface area contributed by atoms with Crippen LogP contribution in [0.2, 0.25) is 5.04 Å². The van der Waals surface area contributed by atoms with E-state index in [4.69, 9.17) is 0 Å². The molecule has 0 amide bonds. The average molecular weight is 879 g/mol. The molecule has 1 unspecified atom stereocenters. The number of aryl methyl sites for hydroxylation is 3. The van der Waals surface area contributed by atoms with Crippen LogP contribution in [-0.2, 0) is 0 Å². The van der Waals surface area contributed by atoms with E-state index >= 15 is 0 Å². The van der Waals surface area contributed by atoms with Crippen LogP contribution in [0.5, 0.6) is 0 Å². The van der Waals surface area contributed by atoms with E-state index in [1.807, 2.05) is 0 Å². The monoisotopic (exact) mass is 878 g/mol. The molecule has 0 saturated carbocycles. The summed E-state index contributed by atoms with van der Waals surface area (Å²) in [6.07, 6.45) is 2.69. The molecule has 9 aromatic rings. The number of hydrogen-bond donors (Lipinski definition) is 0. The first kappa shape index (κ1) is 43.6. The third kappa shape index (κ3) is 7.49. The van der Waals surface area contributed by atoms with Gasteiger partial charge < -0.3 is 0 Å². The van der Waals surface area contributed by atoms with Gasteiger partial charge in [0.25, 0.3) is 0 Å². The van der Waals surface area contributed by atoms with Crippen LogP contribution in [0.15, 0.2) is 241 Å². The fourth-order valence-electron chi connectivity index (χ4n) is 11.4. The molecule has 0 bridgehead atoms. The Labute approximate surface area is 399 Å². The van der Waals surface area contributed by atoms with Crippen molar-refractivity contribution in [1.82, 2.24) is 0 Å². The van der Waals surface area contributed by atoms with Crippen LogP contribution < -0.4 is 15.6 Å². The summed E-state index contributed by atoms with van der Waals surface area (Å²) in [4.78, 5) is 0. The maximum absolute atomic E-state index is 3.64. The molecule has 0 aromatic heterocycles. The molecule has 0 radical (unpaired) electrons. The van der Waals surface area contributed by atoms with Gasteiger partial charge in [0.15, 0.2) is 8.07 Å². The summed E-state index contributed by atoms with van der Waals surface area (Å²) in [6.45, 7) is 16.7. The molecule has 0 nitrogen and oxygen atoms in total. The highest BCUT2D eigenvalue weighted by Gasteiger charge is 2.59. The van der Waals surface area contributed by atoms with E-state index in [0.29, 0.717) is 0 Å². The summed E-state index contributed by atoms with van der Waals surface area (Å²) in [6, 6.07) is 82.5. The molecule has 0 fully saturated rings. The van der Waals surface area contributed by atoms with Crippen molar-refractivity contribution in [2.45, 2.75) is 53.5 Å². The Bertz CT molecular complexity index is 2990. The molecule has 0 aliphatic heterocycles. The second-order valence-electron chi connectivity index (χ2n) is 18.9. The normalized spacial score (nSPS) is 14.9. The fourth-order valence-corrected chi connectivity index (χ4v) is 18.1. The summed E-state index contributed by atoms with van der Waals surface area (Å²) >= 11 is 0. The zero-order chi connectivity index (χ0) is 46.3. The minimum absolute atomic E-state index is 0.465. The Kier molecular flexibility index (Phi) is 11.6. The zero-order valence-electron chi connectivity index (χ0n) is 39.9. The van der Waals surface area contributed by atoms with Crippen molar-refractivity contribution < 1.29 is 0 Å². The highest BCUT2D eigenvalue weighted by Crippen LogP contribution is 2.55. The minimum Gasteiger partial charge on any atom is -0.0730 e. The lowest BCUT2D eigenvalue weighted by atomic mass is 9.94. The van der Waals surface area contributed by atoms with Crippen molar-refractivity contribution in [3.63, 3.8) is 0 Å². The molecular weight excluding hydrogens is 821 g/mol. The van der Waals surface area contributed by atoms with Gasteiger partial charge in [-0.15, -0.1) is 0 Å². The molecule has 1 heteroatoms. The third-order valence-corrected chi connectivity index (χ3v) is 20.8. The van der Waals surface area contributed by atoms with E-state index in [1.54, 1.807) is 0 Å². The van der Waals surface area contributed by atoms with Crippen LogP contribution in [0.25, 0.3) is 66.8 Å². The first-order valence-electron chi connectivity index (χ1n) is 23.8. The Morgan fingerprint density at radius 1 is 0.299 bits per heavy atom. The lowest BCUT2D eigenvalue weighted by Crippen LogP contribution is -2.74. The Balaban J connectivity index is 1.55. The molecule has 0 spiro atoms. The highest BCUT2D eigenvalue weighted by atomic mass is 28.3. The van der Waals surface area contributed by atoms with Gasteiger partial charge >= 0.3 is 0 Å². The lowest BCUT2D eigenvalue weighted by Gasteiger charge is -2.50. The molecule has 326 valence electrons. The molecule has 10 rings (SSSR count). The first-order valence-corrected chi connectivity index (χ1v) is 25.8. The van der Waals surface area contributed by atoms with E-state index in [-0.39, 0.29) is 0 Å². The van der Waals surface area contributed by atoms with Crippen molar-refractivity contribution in [3.8, 4) is 66.8 Å². The second kappa shape index (κ2) is 17.8. The van der Waals surface area contributed by atoms with Gasteiger partial charge in [0.2, 0.25) is 0 Å². The lowest BCUT2D eigenvalue weighted by molar-refractivity contribution is 0.870. The van der Waals surface area contributed by atoms with Gasteiger partial charge in [-0.3, -0.25) is 0 Å². The van der Waals surface area contributed by atoms with E-state index in [2.05, 4.69) is 273 Å². The molecule has 1 aliphatic rings. The van der Waals surface area contributed by atoms with Crippen LogP contribution in [0.3, 0.4) is 0 Å². The summed E-state index contributed by atoms with van der Waals surface area (Å²) < 4.78 is 0. The standard InChI is InChI=1S/C66H58Si/c1-45-38-60(54-32-20-11-21-33-54)63(41-57(45)51-26-14-8-15-27-51)67(66(7)44-48(4)49(5)50(66)6,64-42-58(52-28-16-9-17-29-52)46(2)39-61(64)55-34-22-12-23-35-55)65-43-59(53-30-18-10-19-31-53)47(3)40-62(65)56-36-24-13-25-37-56/h8-44H,1-7H3. The predicted octanol–water partition coefficient (Wildman–Crippen LogP) is 16.1. The number of rotatable bonds is 10. The number of benzene rings is 9. The summed E-state index contributed by atoms with van der Waals surface area (Å²) in [5, 5.41) is 3.75. The Morgan fingerprint density at radius 3 is 0.761 bits per heavy atom. The van der Waals surface area contributed by atoms with Crippen molar-refractivity contribution >= 4 is 23.6 Å². The average Bonchev–Trinajstić information content (AvgIpc) is 3.58. The van der Waals surface area contributed by atoms with Crippen LogP contribution in [0.1, 0.15) is 44.4 Å². The smallest absolute Gasteiger partial charge is 0.0730 e. The zero-order valence-corrected chi connectivity index (χ0v) is 40.9. The summed E-state index contributed by atoms with van der Waals surface area (Å²) in [5.41, 5.74) is 23.0. The van der Waals surface area contributed by atoms with Crippen LogP contribution in [0.4, 0.5) is 0 Å². The van der Waals surface area contributed by atoms with Crippen molar-refractivity contribution in [2.75, 3.05) is 0 Å². The molecule has 9 aromatic carbocycles. The van der Waals surface area contributed by atoms with Gasteiger partial charge in [-0.25, -0.2) is 0 Å². The van der Waals surface area contributed by atoms with Gasteiger partial charge in [-0.2, -0.15) is 0 Å².